The first kappa shape index (κ1) is 16.3. The maximum absolute atomic E-state index is 12.7. The van der Waals surface area contributed by atoms with Crippen LogP contribution in [-0.2, 0) is 29.0 Å². The second-order valence-corrected chi connectivity index (χ2v) is 6.04. The van der Waals surface area contributed by atoms with Crippen LogP contribution in [0, 0.1) is 5.92 Å². The predicted molar refractivity (Wildman–Crippen MR) is 81.4 cm³/mol. The molecule has 0 saturated heterocycles. The van der Waals surface area contributed by atoms with Gasteiger partial charge in [-0.1, -0.05) is 0 Å². The van der Waals surface area contributed by atoms with Crippen LogP contribution in [0.1, 0.15) is 28.7 Å². The number of nitrogens with zero attached hydrogens (tertiary/aromatic N) is 4. The van der Waals surface area contributed by atoms with Crippen molar-refractivity contribution < 1.29 is 24.2 Å². The van der Waals surface area contributed by atoms with Gasteiger partial charge in [0.2, 0.25) is 0 Å². The molecular weight excluding hydrogens is 316 g/mol. The Balaban J connectivity index is 1.97. The minimum Gasteiger partial charge on any atom is -0.466 e. The van der Waals surface area contributed by atoms with E-state index in [0.717, 1.165) is 5.69 Å². The summed E-state index contributed by atoms with van der Waals surface area (Å²) in [6.07, 6.45) is -0.553. The van der Waals surface area contributed by atoms with Crippen molar-refractivity contribution in [3.05, 3.63) is 17.0 Å². The summed E-state index contributed by atoms with van der Waals surface area (Å²) in [6.45, 7) is 3.02. The summed E-state index contributed by atoms with van der Waals surface area (Å²) in [5.74, 6) is -1.09. The van der Waals surface area contributed by atoms with E-state index in [2.05, 4.69) is 5.10 Å². The van der Waals surface area contributed by atoms with Crippen molar-refractivity contribution in [3.8, 4) is 0 Å². The fraction of sp³-hybridized carbons (Fsp3) is 0.600. The van der Waals surface area contributed by atoms with Crippen LogP contribution < -0.4 is 0 Å². The Bertz CT molecular complexity index is 698. The molecule has 9 nitrogen and oxygen atoms in total. The lowest BCUT2D eigenvalue weighted by Gasteiger charge is -2.24. The smallest absolute Gasteiger partial charge is 0.407 e. The van der Waals surface area contributed by atoms with Gasteiger partial charge >= 0.3 is 12.1 Å². The van der Waals surface area contributed by atoms with Gasteiger partial charge in [-0.3, -0.25) is 14.3 Å². The molecular formula is C15H20N4O5. The van der Waals surface area contributed by atoms with E-state index in [-0.39, 0.29) is 38.1 Å². The topological polar surface area (TPSA) is 105 Å². The number of ether oxygens (including phenoxy) is 1. The Kier molecular flexibility index (Phi) is 4.16. The van der Waals surface area contributed by atoms with Crippen LogP contribution >= 0.6 is 0 Å². The maximum Gasteiger partial charge on any atom is 0.407 e. The van der Waals surface area contributed by atoms with Gasteiger partial charge in [-0.25, -0.2) is 4.79 Å². The van der Waals surface area contributed by atoms with Gasteiger partial charge in [-0.2, -0.15) is 5.10 Å². The minimum atomic E-state index is -1.01. The van der Waals surface area contributed by atoms with Crippen LogP contribution in [0.4, 0.5) is 4.79 Å². The normalized spacial score (nSPS) is 20.2. The molecule has 1 atom stereocenters. The summed E-state index contributed by atoms with van der Waals surface area (Å²) in [6, 6.07) is 0. The second-order valence-electron chi connectivity index (χ2n) is 6.04. The van der Waals surface area contributed by atoms with E-state index in [1.165, 1.54) is 9.80 Å². The number of rotatable bonds is 2. The first-order valence-corrected chi connectivity index (χ1v) is 7.90. The van der Waals surface area contributed by atoms with Crippen molar-refractivity contribution >= 4 is 18.0 Å². The zero-order valence-corrected chi connectivity index (χ0v) is 13.7. The molecule has 0 fully saturated rings. The Hall–Kier alpha value is -2.58. The third-order valence-corrected chi connectivity index (χ3v) is 4.43. The molecule has 0 bridgehead atoms. The molecule has 1 aromatic rings. The Morgan fingerprint density at radius 1 is 1.38 bits per heavy atom. The van der Waals surface area contributed by atoms with Crippen molar-refractivity contribution in [1.82, 2.24) is 19.6 Å². The van der Waals surface area contributed by atoms with Crippen molar-refractivity contribution in [3.63, 3.8) is 0 Å². The summed E-state index contributed by atoms with van der Waals surface area (Å²) in [4.78, 5) is 38.8. The van der Waals surface area contributed by atoms with Gasteiger partial charge in [0.25, 0.3) is 5.91 Å². The minimum absolute atomic E-state index is 0.143. The molecule has 1 unspecified atom stereocenters. The number of amides is 2. The number of aromatic nitrogens is 2. The quantitative estimate of drug-likeness (QED) is 0.773. The molecule has 2 aliphatic rings. The highest BCUT2D eigenvalue weighted by atomic mass is 16.5. The Morgan fingerprint density at radius 2 is 2.12 bits per heavy atom. The van der Waals surface area contributed by atoms with Crippen LogP contribution in [0.15, 0.2) is 0 Å². The zero-order chi connectivity index (χ0) is 17.4. The van der Waals surface area contributed by atoms with Gasteiger partial charge in [0, 0.05) is 32.1 Å². The highest BCUT2D eigenvalue weighted by Gasteiger charge is 2.36. The average molecular weight is 336 g/mol. The van der Waals surface area contributed by atoms with E-state index in [0.29, 0.717) is 24.2 Å². The second kappa shape index (κ2) is 6.14. The standard InChI is InChI=1S/C15H20N4O5/c1-3-24-14(21)9-6-17(2)13(20)12-10-8-18(15(22)23)5-4-11(10)16-19(12)7-9/h9H,3-8H2,1-2H3,(H,22,23). The number of hydrogen-bond acceptors (Lipinski definition) is 5. The van der Waals surface area contributed by atoms with E-state index >= 15 is 0 Å². The van der Waals surface area contributed by atoms with Crippen molar-refractivity contribution in [2.75, 3.05) is 26.7 Å². The monoisotopic (exact) mass is 336 g/mol. The summed E-state index contributed by atoms with van der Waals surface area (Å²) in [5.41, 5.74) is 1.75. The summed E-state index contributed by atoms with van der Waals surface area (Å²) < 4.78 is 6.63. The van der Waals surface area contributed by atoms with E-state index in [1.807, 2.05) is 0 Å². The van der Waals surface area contributed by atoms with Gasteiger partial charge in [0.15, 0.2) is 0 Å². The highest BCUT2D eigenvalue weighted by Crippen LogP contribution is 2.26. The SMILES string of the molecule is CCOC(=O)C1CN(C)C(=O)c2c3c(nn2C1)CCN(C(=O)O)C3. The Labute approximate surface area is 138 Å². The first-order chi connectivity index (χ1) is 11.4. The fourth-order valence-electron chi connectivity index (χ4n) is 3.23. The van der Waals surface area contributed by atoms with Gasteiger partial charge in [0.1, 0.15) is 5.69 Å². The van der Waals surface area contributed by atoms with E-state index in [9.17, 15) is 19.5 Å². The van der Waals surface area contributed by atoms with Crippen LogP contribution in [0.25, 0.3) is 0 Å². The number of esters is 1. The molecule has 9 heteroatoms. The number of carboxylic acid groups (broad SMARTS) is 1. The number of hydrogen-bond donors (Lipinski definition) is 1. The third-order valence-electron chi connectivity index (χ3n) is 4.43. The summed E-state index contributed by atoms with van der Waals surface area (Å²) in [5, 5.41) is 13.7. The molecule has 24 heavy (non-hydrogen) atoms. The van der Waals surface area contributed by atoms with Gasteiger partial charge in [0.05, 0.1) is 31.3 Å². The predicted octanol–water partition coefficient (Wildman–Crippen LogP) is 0.184. The molecule has 0 spiro atoms. The molecule has 0 aromatic carbocycles. The van der Waals surface area contributed by atoms with Crippen LogP contribution in [0.5, 0.6) is 0 Å². The highest BCUT2D eigenvalue weighted by molar-refractivity contribution is 5.95. The molecule has 2 amide bonds. The van der Waals surface area contributed by atoms with Crippen molar-refractivity contribution in [2.45, 2.75) is 26.4 Å². The molecule has 0 radical (unpaired) electrons. The number of fused-ring (bicyclic) bond motifs is 3. The van der Waals surface area contributed by atoms with Gasteiger partial charge < -0.3 is 19.6 Å². The molecule has 1 N–H and O–H groups in total. The van der Waals surface area contributed by atoms with Crippen molar-refractivity contribution in [2.24, 2.45) is 5.92 Å². The lowest BCUT2D eigenvalue weighted by atomic mass is 10.1. The lowest BCUT2D eigenvalue weighted by Crippen LogP contribution is -2.37. The molecule has 130 valence electrons. The van der Waals surface area contributed by atoms with Gasteiger partial charge in [-0.05, 0) is 6.92 Å². The Morgan fingerprint density at radius 3 is 2.79 bits per heavy atom. The maximum atomic E-state index is 12.7. The lowest BCUT2D eigenvalue weighted by molar-refractivity contribution is -0.148. The van der Waals surface area contributed by atoms with Gasteiger partial charge in [-0.15, -0.1) is 0 Å². The molecule has 0 saturated carbocycles. The van der Waals surface area contributed by atoms with E-state index in [1.54, 1.807) is 18.7 Å². The fourth-order valence-corrected chi connectivity index (χ4v) is 3.23. The average Bonchev–Trinajstić information content (AvgIpc) is 2.84. The van der Waals surface area contributed by atoms with Crippen molar-refractivity contribution in [1.29, 1.82) is 0 Å². The third kappa shape index (κ3) is 2.70. The number of carbonyl (C=O) groups is 3. The molecule has 3 rings (SSSR count). The molecule has 2 aliphatic heterocycles. The zero-order valence-electron chi connectivity index (χ0n) is 13.7. The molecule has 0 aliphatic carbocycles. The molecule has 1 aromatic heterocycles. The van der Waals surface area contributed by atoms with Crippen LogP contribution in [0.2, 0.25) is 0 Å². The largest absolute Gasteiger partial charge is 0.466 e. The van der Waals surface area contributed by atoms with Crippen LogP contribution in [0.3, 0.4) is 0 Å². The van der Waals surface area contributed by atoms with E-state index in [4.69, 9.17) is 4.74 Å². The molecule has 3 heterocycles. The summed E-state index contributed by atoms with van der Waals surface area (Å²) >= 11 is 0. The number of carbonyl (C=O) groups excluding carboxylic acids is 2. The summed E-state index contributed by atoms with van der Waals surface area (Å²) in [7, 11) is 1.63. The first-order valence-electron chi connectivity index (χ1n) is 7.90. The van der Waals surface area contributed by atoms with Crippen LogP contribution in [-0.4, -0.2) is 69.4 Å². The van der Waals surface area contributed by atoms with E-state index < -0.39 is 12.0 Å².